The molecule has 0 bridgehead atoms. The molecule has 0 heterocycles. The molecule has 0 spiro atoms. The lowest BCUT2D eigenvalue weighted by Gasteiger charge is -2.17. The molecule has 3 N–H and O–H groups in total. The first-order valence-electron chi connectivity index (χ1n) is 5.88. The summed E-state index contributed by atoms with van der Waals surface area (Å²) >= 11 is 0. The summed E-state index contributed by atoms with van der Waals surface area (Å²) in [5.41, 5.74) is 6.42. The summed E-state index contributed by atoms with van der Waals surface area (Å²) in [7, 11) is 0. The van der Waals surface area contributed by atoms with Gasteiger partial charge in [0.15, 0.2) is 17.7 Å². The second kappa shape index (κ2) is 6.35. The van der Waals surface area contributed by atoms with E-state index in [0.29, 0.717) is 12.0 Å². The smallest absolute Gasteiger partial charge is 0.344 e. The fourth-order valence-electron chi connectivity index (χ4n) is 1.50. The molecule has 0 aliphatic carbocycles. The van der Waals surface area contributed by atoms with Crippen LogP contribution in [-0.4, -0.2) is 23.2 Å². The highest BCUT2D eigenvalue weighted by Gasteiger charge is 2.18. The molecule has 1 aromatic rings. The van der Waals surface area contributed by atoms with Crippen LogP contribution >= 0.6 is 0 Å². The lowest BCUT2D eigenvalue weighted by atomic mass is 10.0. The Labute approximate surface area is 106 Å². The number of nitrogens with two attached hydrogens (primary N) is 1. The van der Waals surface area contributed by atoms with Gasteiger partial charge in [0.2, 0.25) is 0 Å². The van der Waals surface area contributed by atoms with Crippen LogP contribution in [0.5, 0.6) is 5.75 Å². The zero-order valence-corrected chi connectivity index (χ0v) is 10.5. The van der Waals surface area contributed by atoms with E-state index in [1.807, 2.05) is 6.92 Å². The first kappa shape index (κ1) is 14.4. The van der Waals surface area contributed by atoms with E-state index in [4.69, 9.17) is 15.6 Å². The maximum absolute atomic E-state index is 13.7. The number of benzene rings is 1. The number of carbonyl (C=O) groups is 1. The average Bonchev–Trinajstić information content (AvgIpc) is 2.32. The number of halogens is 1. The van der Waals surface area contributed by atoms with Crippen LogP contribution in [-0.2, 0) is 11.2 Å². The Kier molecular flexibility index (Phi) is 5.09. The molecule has 1 rings (SSSR count). The molecule has 0 aliphatic rings. The fraction of sp³-hybridized carbons (Fsp3) is 0.462. The Morgan fingerprint density at radius 2 is 2.22 bits per heavy atom. The minimum Gasteiger partial charge on any atom is -0.479 e. The number of hydrogen-bond donors (Lipinski definition) is 2. The van der Waals surface area contributed by atoms with Crippen LogP contribution in [0.25, 0.3) is 0 Å². The molecule has 2 atom stereocenters. The molecule has 2 unspecified atom stereocenters. The van der Waals surface area contributed by atoms with E-state index in [2.05, 4.69) is 0 Å². The first-order valence-corrected chi connectivity index (χ1v) is 5.88. The average molecular weight is 255 g/mol. The van der Waals surface area contributed by atoms with Crippen molar-refractivity contribution in [1.29, 1.82) is 0 Å². The van der Waals surface area contributed by atoms with Crippen LogP contribution in [0.15, 0.2) is 18.2 Å². The van der Waals surface area contributed by atoms with Crippen molar-refractivity contribution in [2.45, 2.75) is 38.8 Å². The molecule has 0 amide bonds. The summed E-state index contributed by atoms with van der Waals surface area (Å²) in [6, 6.07) is 4.40. The molecule has 0 saturated carbocycles. The van der Waals surface area contributed by atoms with Gasteiger partial charge in [-0.25, -0.2) is 9.18 Å². The molecule has 5 heteroatoms. The molecule has 0 saturated heterocycles. The van der Waals surface area contributed by atoms with Crippen LogP contribution in [0.4, 0.5) is 4.39 Å². The molecule has 18 heavy (non-hydrogen) atoms. The Bertz CT molecular complexity index is 423. The molecular formula is C13H18FNO3. The summed E-state index contributed by atoms with van der Waals surface area (Å²) in [5, 5.41) is 8.78. The molecule has 0 radical (unpaired) electrons. The number of carboxylic acid groups (broad SMARTS) is 1. The van der Waals surface area contributed by atoms with Gasteiger partial charge in [-0.2, -0.15) is 0 Å². The van der Waals surface area contributed by atoms with E-state index >= 15 is 0 Å². The third-order valence-electron chi connectivity index (χ3n) is 2.70. The highest BCUT2D eigenvalue weighted by Crippen LogP contribution is 2.25. The predicted molar refractivity (Wildman–Crippen MR) is 66.1 cm³/mol. The van der Waals surface area contributed by atoms with Gasteiger partial charge in [-0.05, 0) is 31.4 Å². The van der Waals surface area contributed by atoms with Gasteiger partial charge in [-0.1, -0.05) is 19.1 Å². The topological polar surface area (TPSA) is 72.5 Å². The third-order valence-corrected chi connectivity index (χ3v) is 2.70. The van der Waals surface area contributed by atoms with Crippen molar-refractivity contribution < 1.29 is 19.0 Å². The minimum atomic E-state index is -1.14. The van der Waals surface area contributed by atoms with Gasteiger partial charge in [0.1, 0.15) is 0 Å². The van der Waals surface area contributed by atoms with Crippen LogP contribution in [0.2, 0.25) is 0 Å². The number of hydrogen-bond acceptors (Lipinski definition) is 3. The van der Waals surface area contributed by atoms with Gasteiger partial charge >= 0.3 is 5.97 Å². The predicted octanol–water partition coefficient (Wildman–Crippen LogP) is 1.96. The summed E-state index contributed by atoms with van der Waals surface area (Å²) < 4.78 is 18.8. The fourth-order valence-corrected chi connectivity index (χ4v) is 1.50. The summed E-state index contributed by atoms with van der Waals surface area (Å²) in [5.74, 6) is -1.72. The lowest BCUT2D eigenvalue weighted by molar-refractivity contribution is -0.144. The van der Waals surface area contributed by atoms with Gasteiger partial charge in [0.05, 0.1) is 0 Å². The van der Waals surface area contributed by atoms with Crippen molar-refractivity contribution in [2.24, 2.45) is 5.73 Å². The van der Waals surface area contributed by atoms with Crippen molar-refractivity contribution in [3.8, 4) is 5.75 Å². The van der Waals surface area contributed by atoms with Crippen molar-refractivity contribution in [3.63, 3.8) is 0 Å². The number of ether oxygens (including phenoxy) is 1. The van der Waals surface area contributed by atoms with Gasteiger partial charge in [0.25, 0.3) is 0 Å². The highest BCUT2D eigenvalue weighted by molar-refractivity contribution is 5.72. The van der Waals surface area contributed by atoms with Crippen LogP contribution in [0, 0.1) is 5.82 Å². The van der Waals surface area contributed by atoms with E-state index in [1.54, 1.807) is 12.1 Å². The Morgan fingerprint density at radius 1 is 1.56 bits per heavy atom. The first-order chi connectivity index (χ1) is 8.45. The molecular weight excluding hydrogens is 237 g/mol. The maximum Gasteiger partial charge on any atom is 0.344 e. The van der Waals surface area contributed by atoms with Crippen molar-refractivity contribution >= 4 is 5.97 Å². The molecule has 0 fully saturated rings. The third kappa shape index (κ3) is 3.70. The monoisotopic (exact) mass is 255 g/mol. The summed E-state index contributed by atoms with van der Waals surface area (Å²) in [6.07, 6.45) is 0.110. The zero-order valence-electron chi connectivity index (χ0n) is 10.5. The molecule has 100 valence electrons. The number of para-hydroxylation sites is 1. The summed E-state index contributed by atoms with van der Waals surface area (Å²) in [6.45, 7) is 3.29. The second-order valence-electron chi connectivity index (χ2n) is 4.20. The molecule has 0 aliphatic heterocycles. The second-order valence-corrected chi connectivity index (χ2v) is 4.20. The highest BCUT2D eigenvalue weighted by atomic mass is 19.1. The zero-order chi connectivity index (χ0) is 13.7. The van der Waals surface area contributed by atoms with Crippen LogP contribution in [0.1, 0.15) is 25.8 Å². The number of carboxylic acids is 1. The van der Waals surface area contributed by atoms with Crippen LogP contribution in [0.3, 0.4) is 0 Å². The standard InChI is InChI=1S/C13H18FNO3/c1-3-10(15)7-9-5-4-6-11(14)12(9)18-8(2)13(16)17/h4-6,8,10H,3,7,15H2,1-2H3,(H,16,17). The van der Waals surface area contributed by atoms with E-state index in [-0.39, 0.29) is 11.8 Å². The molecule has 0 aromatic heterocycles. The molecule has 1 aromatic carbocycles. The Hall–Kier alpha value is -1.62. The quantitative estimate of drug-likeness (QED) is 0.815. The van der Waals surface area contributed by atoms with Gasteiger partial charge in [0, 0.05) is 6.04 Å². The van der Waals surface area contributed by atoms with Gasteiger partial charge in [-0.15, -0.1) is 0 Å². The van der Waals surface area contributed by atoms with Crippen molar-refractivity contribution in [2.75, 3.05) is 0 Å². The normalized spacial score (nSPS) is 14.0. The SMILES string of the molecule is CCC(N)Cc1cccc(F)c1OC(C)C(=O)O. The van der Waals surface area contributed by atoms with E-state index in [0.717, 1.165) is 6.42 Å². The Morgan fingerprint density at radius 3 is 2.78 bits per heavy atom. The van der Waals surface area contributed by atoms with E-state index < -0.39 is 17.9 Å². The van der Waals surface area contributed by atoms with Crippen LogP contribution < -0.4 is 10.5 Å². The number of rotatable bonds is 6. The van der Waals surface area contributed by atoms with Gasteiger partial charge < -0.3 is 15.6 Å². The summed E-state index contributed by atoms with van der Waals surface area (Å²) in [4.78, 5) is 10.7. The largest absolute Gasteiger partial charge is 0.479 e. The minimum absolute atomic E-state index is 0.0173. The van der Waals surface area contributed by atoms with Crippen molar-refractivity contribution in [3.05, 3.63) is 29.6 Å². The number of aliphatic carboxylic acids is 1. The van der Waals surface area contributed by atoms with Crippen molar-refractivity contribution in [1.82, 2.24) is 0 Å². The van der Waals surface area contributed by atoms with E-state index in [9.17, 15) is 9.18 Å². The van der Waals surface area contributed by atoms with E-state index in [1.165, 1.54) is 13.0 Å². The lowest BCUT2D eigenvalue weighted by Crippen LogP contribution is -2.26. The van der Waals surface area contributed by atoms with Gasteiger partial charge in [-0.3, -0.25) is 0 Å². The maximum atomic E-state index is 13.7. The Balaban J connectivity index is 2.97. The molecule has 4 nitrogen and oxygen atoms in total.